The van der Waals surface area contributed by atoms with E-state index in [1.165, 1.54) is 23.5 Å². The van der Waals surface area contributed by atoms with Gasteiger partial charge in [0, 0.05) is 17.3 Å². The summed E-state index contributed by atoms with van der Waals surface area (Å²) in [5.41, 5.74) is 0.519. The van der Waals surface area contributed by atoms with Gasteiger partial charge < -0.3 is 9.57 Å². The van der Waals surface area contributed by atoms with E-state index in [1.54, 1.807) is 30.1 Å². The number of anilines is 1. The molecule has 1 atom stereocenters. The second kappa shape index (κ2) is 11.3. The first-order chi connectivity index (χ1) is 16.0. The third-order valence-electron chi connectivity index (χ3n) is 5.04. The van der Waals surface area contributed by atoms with E-state index in [9.17, 15) is 13.2 Å². The number of sulfone groups is 1. The Balaban J connectivity index is 1.50. The SMILES string of the molecule is O=C(Nc1ncc(SCCCBr)s1)C(=NO[C@@H]1CCOC1)c1ccc(S(=O)(=O)C2CC2)cc1. The second-order valence-electron chi connectivity index (χ2n) is 7.63. The number of rotatable bonds is 11. The van der Waals surface area contributed by atoms with Gasteiger partial charge in [-0.1, -0.05) is 44.6 Å². The first-order valence-electron chi connectivity index (χ1n) is 10.6. The number of hydrogen-bond donors (Lipinski definition) is 1. The van der Waals surface area contributed by atoms with Crippen LogP contribution in [-0.4, -0.2) is 60.7 Å². The van der Waals surface area contributed by atoms with Crippen LogP contribution in [0.1, 0.15) is 31.2 Å². The van der Waals surface area contributed by atoms with Crippen molar-refractivity contribution in [3.05, 3.63) is 36.0 Å². The van der Waals surface area contributed by atoms with E-state index in [0.717, 1.165) is 21.7 Å². The molecule has 2 fully saturated rings. The van der Waals surface area contributed by atoms with Crippen LogP contribution in [0.25, 0.3) is 0 Å². The van der Waals surface area contributed by atoms with E-state index in [2.05, 4.69) is 31.4 Å². The fourth-order valence-electron chi connectivity index (χ4n) is 3.09. The monoisotopic (exact) mass is 573 g/mol. The van der Waals surface area contributed by atoms with Gasteiger partial charge in [0.15, 0.2) is 26.8 Å². The summed E-state index contributed by atoms with van der Waals surface area (Å²) in [5.74, 6) is 0.485. The molecule has 0 unspecified atom stereocenters. The maximum absolute atomic E-state index is 13.1. The Morgan fingerprint density at radius 2 is 2.09 bits per heavy atom. The third kappa shape index (κ3) is 6.56. The summed E-state index contributed by atoms with van der Waals surface area (Å²) in [6.07, 6.45) is 4.63. The smallest absolute Gasteiger partial charge is 0.280 e. The third-order valence-corrected chi connectivity index (χ3v) is 10.1. The summed E-state index contributed by atoms with van der Waals surface area (Å²) in [6, 6.07) is 6.22. The number of oxime groups is 1. The lowest BCUT2D eigenvalue weighted by atomic mass is 10.1. The van der Waals surface area contributed by atoms with Crippen molar-refractivity contribution in [1.29, 1.82) is 0 Å². The van der Waals surface area contributed by atoms with E-state index >= 15 is 0 Å². The lowest BCUT2D eigenvalue weighted by molar-refractivity contribution is -0.110. The number of nitrogens with zero attached hydrogens (tertiary/aromatic N) is 2. The van der Waals surface area contributed by atoms with Gasteiger partial charge in [-0.25, -0.2) is 13.4 Å². The Bertz CT molecular complexity index is 1090. The normalized spacial score (nSPS) is 18.9. The van der Waals surface area contributed by atoms with E-state index < -0.39 is 15.7 Å². The molecule has 1 amide bonds. The zero-order valence-electron chi connectivity index (χ0n) is 17.7. The van der Waals surface area contributed by atoms with Crippen LogP contribution in [0.4, 0.5) is 5.13 Å². The molecule has 2 aromatic rings. The number of alkyl halides is 1. The molecule has 0 bridgehead atoms. The summed E-state index contributed by atoms with van der Waals surface area (Å²) in [7, 11) is -3.31. The van der Waals surface area contributed by atoms with E-state index in [4.69, 9.17) is 9.57 Å². The molecule has 33 heavy (non-hydrogen) atoms. The number of hydrogen-bond acceptors (Lipinski definition) is 9. The molecular formula is C21H24BrN3O5S3. The molecule has 4 rings (SSSR count). The average molecular weight is 575 g/mol. The first-order valence-corrected chi connectivity index (χ1v) is 15.1. The van der Waals surface area contributed by atoms with Crippen LogP contribution in [-0.2, 0) is 24.2 Å². The summed E-state index contributed by atoms with van der Waals surface area (Å²) in [6.45, 7) is 1.00. The lowest BCUT2D eigenvalue weighted by Gasteiger charge is -2.10. The van der Waals surface area contributed by atoms with Crippen LogP contribution in [0.2, 0.25) is 0 Å². The van der Waals surface area contributed by atoms with Crippen molar-refractivity contribution >= 4 is 65.6 Å². The molecule has 1 aromatic carbocycles. The zero-order chi connectivity index (χ0) is 23.3. The molecule has 2 heterocycles. The predicted molar refractivity (Wildman–Crippen MR) is 133 cm³/mol. The molecule has 1 saturated heterocycles. The number of ether oxygens (including phenoxy) is 1. The highest BCUT2D eigenvalue weighted by molar-refractivity contribution is 9.09. The Labute approximate surface area is 209 Å². The van der Waals surface area contributed by atoms with Crippen molar-refractivity contribution in [2.45, 2.75) is 46.1 Å². The number of thioether (sulfide) groups is 1. The fraction of sp³-hybridized carbons (Fsp3) is 0.476. The first kappa shape index (κ1) is 24.6. The topological polar surface area (TPSA) is 107 Å². The van der Waals surface area contributed by atoms with Gasteiger partial charge in [0.25, 0.3) is 5.91 Å². The fourth-order valence-corrected chi connectivity index (χ4v) is 7.28. The average Bonchev–Trinajstić information content (AvgIpc) is 3.39. The van der Waals surface area contributed by atoms with Gasteiger partial charge in [-0.15, -0.1) is 11.8 Å². The largest absolute Gasteiger partial charge is 0.389 e. The van der Waals surface area contributed by atoms with Gasteiger partial charge in [-0.05, 0) is 37.1 Å². The van der Waals surface area contributed by atoms with Crippen LogP contribution in [0.3, 0.4) is 0 Å². The maximum atomic E-state index is 13.1. The number of carbonyl (C=O) groups excluding carboxylic acids is 1. The van der Waals surface area contributed by atoms with Crippen molar-refractivity contribution in [3.8, 4) is 0 Å². The Hall–Kier alpha value is -1.47. The minimum Gasteiger partial charge on any atom is -0.389 e. The summed E-state index contributed by atoms with van der Waals surface area (Å²) < 4.78 is 31.3. The Morgan fingerprint density at radius 3 is 2.76 bits per heavy atom. The Kier molecular flexibility index (Phi) is 8.44. The number of nitrogens with one attached hydrogen (secondary N) is 1. The van der Waals surface area contributed by atoms with Gasteiger partial charge >= 0.3 is 0 Å². The van der Waals surface area contributed by atoms with Crippen molar-refractivity contribution < 1.29 is 22.8 Å². The van der Waals surface area contributed by atoms with Gasteiger partial charge in [0.1, 0.15) is 0 Å². The van der Waals surface area contributed by atoms with Crippen LogP contribution >= 0.6 is 39.0 Å². The standard InChI is InChI=1S/C21H24BrN3O5S3/c22-9-1-11-31-18-12-23-21(32-18)24-20(26)19(25-30-15-8-10-29-13-15)14-2-4-16(5-3-14)33(27,28)17-6-7-17/h2-5,12,15,17H,1,6-11,13H2,(H,23,24,26)/t15-/m1/s1. The van der Waals surface area contributed by atoms with Gasteiger partial charge in [0.2, 0.25) is 0 Å². The number of benzene rings is 1. The molecule has 8 nitrogen and oxygen atoms in total. The number of carbonyl (C=O) groups is 1. The minimum absolute atomic E-state index is 0.0564. The van der Waals surface area contributed by atoms with Crippen LogP contribution < -0.4 is 5.32 Å². The van der Waals surface area contributed by atoms with Crippen LogP contribution in [0.15, 0.2) is 44.7 Å². The van der Waals surface area contributed by atoms with Crippen molar-refractivity contribution in [1.82, 2.24) is 4.98 Å². The molecular weight excluding hydrogens is 550 g/mol. The van der Waals surface area contributed by atoms with Gasteiger partial charge in [-0.3, -0.25) is 10.1 Å². The number of amides is 1. The minimum atomic E-state index is -3.31. The lowest BCUT2D eigenvalue weighted by Crippen LogP contribution is -2.25. The Morgan fingerprint density at radius 1 is 1.30 bits per heavy atom. The molecule has 12 heteroatoms. The zero-order valence-corrected chi connectivity index (χ0v) is 21.8. The maximum Gasteiger partial charge on any atom is 0.280 e. The molecule has 0 spiro atoms. The van der Waals surface area contributed by atoms with E-state index in [-0.39, 0.29) is 22.0 Å². The molecule has 0 radical (unpaired) electrons. The van der Waals surface area contributed by atoms with E-state index in [0.29, 0.717) is 43.2 Å². The highest BCUT2D eigenvalue weighted by atomic mass is 79.9. The molecule has 1 saturated carbocycles. The molecule has 1 aliphatic carbocycles. The second-order valence-corrected chi connectivity index (χ2v) is 13.1. The molecule has 2 aliphatic rings. The van der Waals surface area contributed by atoms with Crippen LogP contribution in [0, 0.1) is 0 Å². The van der Waals surface area contributed by atoms with Crippen molar-refractivity contribution in [2.24, 2.45) is 5.16 Å². The highest BCUT2D eigenvalue weighted by Crippen LogP contribution is 2.33. The number of thiazole rings is 1. The highest BCUT2D eigenvalue weighted by Gasteiger charge is 2.36. The van der Waals surface area contributed by atoms with Crippen molar-refractivity contribution in [2.75, 3.05) is 29.6 Å². The summed E-state index contributed by atoms with van der Waals surface area (Å²) in [5, 5.41) is 8.01. The molecule has 1 aromatic heterocycles. The molecule has 1 aliphatic heterocycles. The van der Waals surface area contributed by atoms with Gasteiger partial charge in [-0.2, -0.15) is 0 Å². The van der Waals surface area contributed by atoms with Crippen molar-refractivity contribution in [3.63, 3.8) is 0 Å². The van der Waals surface area contributed by atoms with Gasteiger partial charge in [0.05, 0.1) is 33.8 Å². The molecule has 178 valence electrons. The number of halogens is 1. The summed E-state index contributed by atoms with van der Waals surface area (Å²) in [4.78, 5) is 23.2. The number of aromatic nitrogens is 1. The van der Waals surface area contributed by atoms with E-state index in [1.807, 2.05) is 0 Å². The summed E-state index contributed by atoms with van der Waals surface area (Å²) >= 11 is 6.49. The van der Waals surface area contributed by atoms with Crippen LogP contribution in [0.5, 0.6) is 0 Å². The quantitative estimate of drug-likeness (QED) is 0.142. The predicted octanol–water partition coefficient (Wildman–Crippen LogP) is 4.10. The molecule has 1 N–H and O–H groups in total.